The number of halogens is 2. The van der Waals surface area contributed by atoms with Gasteiger partial charge in [-0.1, -0.05) is 0 Å². The Bertz CT molecular complexity index is 517. The van der Waals surface area contributed by atoms with Crippen LogP contribution >= 0.6 is 0 Å². The lowest BCUT2D eigenvalue weighted by atomic mass is 10.3. The van der Waals surface area contributed by atoms with Gasteiger partial charge in [-0.05, 0) is 12.1 Å². The van der Waals surface area contributed by atoms with Crippen LogP contribution in [0.2, 0.25) is 0 Å². The number of rotatable bonds is 3. The van der Waals surface area contributed by atoms with Crippen LogP contribution in [0.5, 0.6) is 11.6 Å². The molecule has 0 amide bonds. The lowest BCUT2D eigenvalue weighted by molar-refractivity contribution is 0.420. The van der Waals surface area contributed by atoms with Gasteiger partial charge in [-0.25, -0.2) is 13.8 Å². The molecule has 1 heterocycles. The van der Waals surface area contributed by atoms with E-state index in [1.54, 1.807) is 0 Å². The molecule has 17 heavy (non-hydrogen) atoms. The van der Waals surface area contributed by atoms with Crippen molar-refractivity contribution in [2.75, 3.05) is 0 Å². The molecule has 88 valence electrons. The Morgan fingerprint density at radius 3 is 2.65 bits per heavy atom. The zero-order chi connectivity index (χ0) is 12.3. The van der Waals surface area contributed by atoms with Gasteiger partial charge in [-0.3, -0.25) is 4.98 Å². The van der Waals surface area contributed by atoms with Crippen molar-refractivity contribution in [3.8, 4) is 11.6 Å². The van der Waals surface area contributed by atoms with E-state index < -0.39 is 11.6 Å². The summed E-state index contributed by atoms with van der Waals surface area (Å²) in [7, 11) is 0. The lowest BCUT2D eigenvalue weighted by Crippen LogP contribution is -2.01. The highest BCUT2D eigenvalue weighted by Crippen LogP contribution is 2.23. The number of aromatic nitrogens is 2. The third-order valence-corrected chi connectivity index (χ3v) is 2.00. The monoisotopic (exact) mass is 237 g/mol. The van der Waals surface area contributed by atoms with Gasteiger partial charge in [0.1, 0.15) is 5.82 Å². The van der Waals surface area contributed by atoms with Crippen LogP contribution in [0, 0.1) is 11.6 Å². The van der Waals surface area contributed by atoms with Crippen molar-refractivity contribution in [2.45, 2.75) is 6.54 Å². The van der Waals surface area contributed by atoms with Gasteiger partial charge in [0.25, 0.3) is 0 Å². The molecule has 0 saturated heterocycles. The van der Waals surface area contributed by atoms with Crippen molar-refractivity contribution in [3.63, 3.8) is 0 Å². The second-order valence-corrected chi connectivity index (χ2v) is 3.23. The zero-order valence-corrected chi connectivity index (χ0v) is 8.73. The molecule has 0 saturated carbocycles. The van der Waals surface area contributed by atoms with E-state index in [-0.39, 0.29) is 18.2 Å². The molecule has 2 N–H and O–H groups in total. The van der Waals surface area contributed by atoms with Crippen molar-refractivity contribution in [3.05, 3.63) is 47.9 Å². The Kier molecular flexibility index (Phi) is 3.24. The highest BCUT2D eigenvalue weighted by Gasteiger charge is 2.07. The summed E-state index contributed by atoms with van der Waals surface area (Å²) in [4.78, 5) is 7.78. The van der Waals surface area contributed by atoms with Crippen molar-refractivity contribution >= 4 is 0 Å². The van der Waals surface area contributed by atoms with Gasteiger partial charge in [-0.2, -0.15) is 0 Å². The Balaban J connectivity index is 2.22. The molecule has 1 aromatic carbocycles. The van der Waals surface area contributed by atoms with Crippen LogP contribution in [0.3, 0.4) is 0 Å². The molecule has 0 unspecified atom stereocenters. The second-order valence-electron chi connectivity index (χ2n) is 3.23. The fourth-order valence-corrected chi connectivity index (χ4v) is 1.17. The highest BCUT2D eigenvalue weighted by molar-refractivity contribution is 5.28. The first kappa shape index (κ1) is 11.4. The number of ether oxygens (including phenoxy) is 1. The number of hydrogen-bond acceptors (Lipinski definition) is 4. The van der Waals surface area contributed by atoms with E-state index in [1.807, 2.05) is 0 Å². The minimum atomic E-state index is -0.670. The summed E-state index contributed by atoms with van der Waals surface area (Å²) in [6.07, 6.45) is 2.71. The van der Waals surface area contributed by atoms with E-state index in [1.165, 1.54) is 12.4 Å². The number of benzene rings is 1. The summed E-state index contributed by atoms with van der Waals surface area (Å²) >= 11 is 0. The largest absolute Gasteiger partial charge is 0.434 e. The van der Waals surface area contributed by atoms with Crippen LogP contribution < -0.4 is 10.5 Å². The molecule has 0 bridgehead atoms. The van der Waals surface area contributed by atoms with Gasteiger partial charge in [0.05, 0.1) is 18.1 Å². The lowest BCUT2D eigenvalue weighted by Gasteiger charge is -2.05. The van der Waals surface area contributed by atoms with Crippen molar-refractivity contribution in [2.24, 2.45) is 5.73 Å². The SMILES string of the molecule is NCc1cnc(Oc2cc(F)ccc2F)cn1. The molecule has 6 heteroatoms. The molecule has 0 atom stereocenters. The fourth-order valence-electron chi connectivity index (χ4n) is 1.17. The normalized spacial score (nSPS) is 10.3. The first-order valence-corrected chi connectivity index (χ1v) is 4.83. The van der Waals surface area contributed by atoms with Gasteiger partial charge in [-0.15, -0.1) is 0 Å². The van der Waals surface area contributed by atoms with Gasteiger partial charge in [0.15, 0.2) is 11.6 Å². The molecular formula is C11H9F2N3O. The average Bonchev–Trinajstić information content (AvgIpc) is 2.35. The predicted molar refractivity (Wildman–Crippen MR) is 56.4 cm³/mol. The van der Waals surface area contributed by atoms with E-state index in [4.69, 9.17) is 10.5 Å². The summed E-state index contributed by atoms with van der Waals surface area (Å²) < 4.78 is 31.2. The van der Waals surface area contributed by atoms with Gasteiger partial charge in [0, 0.05) is 12.6 Å². The Morgan fingerprint density at radius 1 is 1.18 bits per heavy atom. The Hall–Kier alpha value is -2.08. The number of nitrogens with two attached hydrogens (primary N) is 1. The quantitative estimate of drug-likeness (QED) is 0.886. The maximum Gasteiger partial charge on any atom is 0.237 e. The van der Waals surface area contributed by atoms with Gasteiger partial charge < -0.3 is 10.5 Å². The van der Waals surface area contributed by atoms with E-state index in [0.717, 1.165) is 18.2 Å². The highest BCUT2D eigenvalue weighted by atomic mass is 19.1. The predicted octanol–water partition coefficient (Wildman–Crippen LogP) is 2.01. The topological polar surface area (TPSA) is 61.0 Å². The smallest absolute Gasteiger partial charge is 0.237 e. The second kappa shape index (κ2) is 4.84. The number of hydrogen-bond donors (Lipinski definition) is 1. The molecule has 4 nitrogen and oxygen atoms in total. The summed E-state index contributed by atoms with van der Waals surface area (Å²) in [6.45, 7) is 0.252. The minimum Gasteiger partial charge on any atom is -0.434 e. The molecular weight excluding hydrogens is 228 g/mol. The molecule has 0 spiro atoms. The zero-order valence-electron chi connectivity index (χ0n) is 8.73. The molecule has 0 radical (unpaired) electrons. The molecule has 2 aromatic rings. The summed E-state index contributed by atoms with van der Waals surface area (Å²) in [5.74, 6) is -1.42. The summed E-state index contributed by atoms with van der Waals surface area (Å²) in [6, 6.07) is 2.92. The third kappa shape index (κ3) is 2.73. The van der Waals surface area contributed by atoms with Crippen LogP contribution in [-0.4, -0.2) is 9.97 Å². The standard InChI is InChI=1S/C11H9F2N3O/c12-7-1-2-9(13)10(3-7)17-11-6-15-8(4-14)5-16-11/h1-3,5-6H,4,14H2. The summed E-state index contributed by atoms with van der Waals surface area (Å²) in [5, 5.41) is 0. The van der Waals surface area contributed by atoms with E-state index in [2.05, 4.69) is 9.97 Å². The molecule has 2 rings (SSSR count). The summed E-state index contributed by atoms with van der Waals surface area (Å²) in [5.41, 5.74) is 5.92. The van der Waals surface area contributed by atoms with Crippen molar-refractivity contribution in [1.82, 2.24) is 9.97 Å². The van der Waals surface area contributed by atoms with E-state index in [0.29, 0.717) is 5.69 Å². The Labute approximate surface area is 96.1 Å². The van der Waals surface area contributed by atoms with Gasteiger partial charge >= 0.3 is 0 Å². The maximum atomic E-state index is 13.2. The molecule has 1 aromatic heterocycles. The molecule has 0 fully saturated rings. The van der Waals surface area contributed by atoms with E-state index >= 15 is 0 Å². The van der Waals surface area contributed by atoms with E-state index in [9.17, 15) is 8.78 Å². The minimum absolute atomic E-state index is 0.0756. The van der Waals surface area contributed by atoms with Crippen molar-refractivity contribution < 1.29 is 13.5 Å². The average molecular weight is 237 g/mol. The molecule has 0 aliphatic carbocycles. The first-order valence-electron chi connectivity index (χ1n) is 4.83. The van der Waals surface area contributed by atoms with Crippen LogP contribution in [0.4, 0.5) is 8.78 Å². The molecule has 0 aliphatic heterocycles. The fraction of sp³-hybridized carbons (Fsp3) is 0.0909. The Morgan fingerprint density at radius 2 is 2.00 bits per heavy atom. The van der Waals surface area contributed by atoms with Crippen LogP contribution in [0.1, 0.15) is 5.69 Å². The third-order valence-electron chi connectivity index (χ3n) is 2.00. The van der Waals surface area contributed by atoms with Crippen LogP contribution in [0.15, 0.2) is 30.6 Å². The number of nitrogens with zero attached hydrogens (tertiary/aromatic N) is 2. The van der Waals surface area contributed by atoms with Crippen LogP contribution in [-0.2, 0) is 6.54 Å². The first-order chi connectivity index (χ1) is 8.19. The van der Waals surface area contributed by atoms with Crippen LogP contribution in [0.25, 0.3) is 0 Å². The van der Waals surface area contributed by atoms with Gasteiger partial charge in [0.2, 0.25) is 5.88 Å². The molecule has 0 aliphatic rings. The maximum absolute atomic E-state index is 13.2. The van der Waals surface area contributed by atoms with Crippen molar-refractivity contribution in [1.29, 1.82) is 0 Å².